The summed E-state index contributed by atoms with van der Waals surface area (Å²) in [7, 11) is 0. The summed E-state index contributed by atoms with van der Waals surface area (Å²) in [6.45, 7) is 1.62. The van der Waals surface area contributed by atoms with Crippen LogP contribution in [0.5, 0.6) is 5.75 Å². The second-order valence-corrected chi connectivity index (χ2v) is 6.16. The minimum atomic E-state index is -0.728. The summed E-state index contributed by atoms with van der Waals surface area (Å²) >= 11 is 3.34. The molecule has 0 aromatic heterocycles. The van der Waals surface area contributed by atoms with Crippen LogP contribution in [0.25, 0.3) is 0 Å². The number of amides is 2. The van der Waals surface area contributed by atoms with Gasteiger partial charge in [-0.3, -0.25) is 20.4 Å². The highest BCUT2D eigenvalue weighted by Gasteiger charge is 2.15. The first-order chi connectivity index (χ1) is 11.5. The molecular formula is C18H19BrN2O3. The van der Waals surface area contributed by atoms with E-state index in [1.54, 1.807) is 19.1 Å². The van der Waals surface area contributed by atoms with Gasteiger partial charge in [0.25, 0.3) is 5.91 Å². The van der Waals surface area contributed by atoms with Gasteiger partial charge in [-0.2, -0.15) is 0 Å². The topological polar surface area (TPSA) is 67.4 Å². The standard InChI is InChI=1S/C18H19BrN2O3/c1-13(24-16-9-5-8-15(19)12-16)18(23)21-20-17(22)11-10-14-6-3-2-4-7-14/h2-9,12-13H,10-11H2,1H3,(H,20,22)(H,21,23)/t13-/m0/s1. The van der Waals surface area contributed by atoms with Crippen LogP contribution in [0.15, 0.2) is 59.1 Å². The van der Waals surface area contributed by atoms with E-state index < -0.39 is 12.0 Å². The first-order valence-electron chi connectivity index (χ1n) is 7.59. The van der Waals surface area contributed by atoms with Crippen molar-refractivity contribution in [3.05, 3.63) is 64.6 Å². The SMILES string of the molecule is C[C@H](Oc1cccc(Br)c1)C(=O)NNC(=O)CCc1ccccc1. The number of carbonyl (C=O) groups is 2. The van der Waals surface area contributed by atoms with Gasteiger partial charge in [-0.05, 0) is 37.1 Å². The molecule has 0 radical (unpaired) electrons. The van der Waals surface area contributed by atoms with Gasteiger partial charge in [-0.25, -0.2) is 0 Å². The van der Waals surface area contributed by atoms with E-state index in [1.807, 2.05) is 42.5 Å². The van der Waals surface area contributed by atoms with Crippen LogP contribution < -0.4 is 15.6 Å². The average molecular weight is 391 g/mol. The first-order valence-corrected chi connectivity index (χ1v) is 8.39. The number of aryl methyl sites for hydroxylation is 1. The molecule has 2 amide bonds. The molecule has 0 bridgehead atoms. The fraction of sp³-hybridized carbons (Fsp3) is 0.222. The molecule has 2 aromatic carbocycles. The Morgan fingerprint density at radius 1 is 1.08 bits per heavy atom. The van der Waals surface area contributed by atoms with Crippen LogP contribution in [0.2, 0.25) is 0 Å². The summed E-state index contributed by atoms with van der Waals surface area (Å²) in [6.07, 6.45) is 0.186. The Balaban J connectivity index is 1.72. The number of hydrogen-bond acceptors (Lipinski definition) is 3. The zero-order chi connectivity index (χ0) is 17.4. The molecular weight excluding hydrogens is 372 g/mol. The number of halogens is 1. The Kier molecular flexibility index (Phi) is 6.81. The van der Waals surface area contributed by atoms with Crippen LogP contribution in [0.1, 0.15) is 18.9 Å². The van der Waals surface area contributed by atoms with E-state index >= 15 is 0 Å². The third-order valence-corrected chi connectivity index (χ3v) is 3.78. The molecule has 0 fully saturated rings. The van der Waals surface area contributed by atoms with Crippen molar-refractivity contribution < 1.29 is 14.3 Å². The maximum atomic E-state index is 11.9. The third-order valence-electron chi connectivity index (χ3n) is 3.29. The summed E-state index contributed by atoms with van der Waals surface area (Å²) in [5.41, 5.74) is 5.86. The molecule has 2 N–H and O–H groups in total. The molecule has 2 rings (SSSR count). The van der Waals surface area contributed by atoms with Crippen LogP contribution in [-0.4, -0.2) is 17.9 Å². The molecule has 0 spiro atoms. The van der Waals surface area contributed by atoms with Crippen LogP contribution >= 0.6 is 15.9 Å². The number of carbonyl (C=O) groups excluding carboxylic acids is 2. The van der Waals surface area contributed by atoms with Gasteiger partial charge in [0.05, 0.1) is 0 Å². The number of rotatable bonds is 6. The van der Waals surface area contributed by atoms with Gasteiger partial charge < -0.3 is 4.74 Å². The fourth-order valence-corrected chi connectivity index (χ4v) is 2.37. The largest absolute Gasteiger partial charge is 0.481 e. The van der Waals surface area contributed by atoms with Crippen molar-refractivity contribution in [3.63, 3.8) is 0 Å². The lowest BCUT2D eigenvalue weighted by Gasteiger charge is -2.15. The van der Waals surface area contributed by atoms with Crippen molar-refractivity contribution in [1.29, 1.82) is 0 Å². The zero-order valence-electron chi connectivity index (χ0n) is 13.3. The van der Waals surface area contributed by atoms with E-state index in [4.69, 9.17) is 4.74 Å². The van der Waals surface area contributed by atoms with Gasteiger partial charge in [0.2, 0.25) is 5.91 Å². The van der Waals surface area contributed by atoms with Crippen molar-refractivity contribution in [2.45, 2.75) is 25.9 Å². The Morgan fingerprint density at radius 2 is 1.83 bits per heavy atom. The molecule has 2 aromatic rings. The number of hydrogen-bond donors (Lipinski definition) is 2. The molecule has 0 aliphatic carbocycles. The normalized spacial score (nSPS) is 11.4. The van der Waals surface area contributed by atoms with Gasteiger partial charge in [-0.15, -0.1) is 0 Å². The quantitative estimate of drug-likeness (QED) is 0.744. The molecule has 0 saturated heterocycles. The summed E-state index contributed by atoms with van der Waals surface area (Å²) < 4.78 is 6.39. The molecule has 0 aliphatic rings. The smallest absolute Gasteiger partial charge is 0.279 e. The predicted octanol–water partition coefficient (Wildman–Crippen LogP) is 3.00. The molecule has 24 heavy (non-hydrogen) atoms. The number of hydrazine groups is 1. The monoisotopic (exact) mass is 390 g/mol. The molecule has 0 aliphatic heterocycles. The number of ether oxygens (including phenoxy) is 1. The molecule has 5 nitrogen and oxygen atoms in total. The van der Waals surface area contributed by atoms with Gasteiger partial charge in [0.1, 0.15) is 5.75 Å². The van der Waals surface area contributed by atoms with Gasteiger partial charge in [0, 0.05) is 10.9 Å². The maximum Gasteiger partial charge on any atom is 0.279 e. The van der Waals surface area contributed by atoms with Crippen molar-refractivity contribution in [3.8, 4) is 5.75 Å². The molecule has 126 valence electrons. The lowest BCUT2D eigenvalue weighted by molar-refractivity contribution is -0.132. The summed E-state index contributed by atoms with van der Waals surface area (Å²) in [6, 6.07) is 16.9. The van der Waals surface area contributed by atoms with E-state index in [9.17, 15) is 9.59 Å². The van der Waals surface area contributed by atoms with Gasteiger partial charge in [0.15, 0.2) is 6.10 Å². The zero-order valence-corrected chi connectivity index (χ0v) is 14.9. The van der Waals surface area contributed by atoms with Crippen molar-refractivity contribution in [1.82, 2.24) is 10.9 Å². The summed E-state index contributed by atoms with van der Waals surface area (Å²) in [5.74, 6) is -0.0904. The predicted molar refractivity (Wildman–Crippen MR) is 95.3 cm³/mol. The van der Waals surface area contributed by atoms with E-state index in [0.29, 0.717) is 18.6 Å². The molecule has 0 heterocycles. The maximum absolute atomic E-state index is 11.9. The van der Waals surface area contributed by atoms with E-state index in [0.717, 1.165) is 10.0 Å². The van der Waals surface area contributed by atoms with Crippen LogP contribution in [0.3, 0.4) is 0 Å². The average Bonchev–Trinajstić information content (AvgIpc) is 2.58. The molecule has 0 saturated carbocycles. The Labute approximate surface area is 149 Å². The van der Waals surface area contributed by atoms with Crippen LogP contribution in [-0.2, 0) is 16.0 Å². The lowest BCUT2D eigenvalue weighted by atomic mass is 10.1. The van der Waals surface area contributed by atoms with Crippen molar-refractivity contribution in [2.24, 2.45) is 0 Å². The number of benzene rings is 2. The summed E-state index contributed by atoms with van der Waals surface area (Å²) in [4.78, 5) is 23.7. The second kappa shape index (κ2) is 9.08. The van der Waals surface area contributed by atoms with Crippen molar-refractivity contribution in [2.75, 3.05) is 0 Å². The van der Waals surface area contributed by atoms with Crippen LogP contribution in [0, 0.1) is 0 Å². The van der Waals surface area contributed by atoms with Crippen molar-refractivity contribution >= 4 is 27.7 Å². The Bertz CT molecular complexity index is 692. The molecule has 1 atom stereocenters. The second-order valence-electron chi connectivity index (χ2n) is 5.24. The lowest BCUT2D eigenvalue weighted by Crippen LogP contribution is -2.47. The Hall–Kier alpha value is -2.34. The fourth-order valence-electron chi connectivity index (χ4n) is 2.00. The van der Waals surface area contributed by atoms with Gasteiger partial charge in [-0.1, -0.05) is 52.3 Å². The number of nitrogens with one attached hydrogen (secondary N) is 2. The van der Waals surface area contributed by atoms with E-state index in [1.165, 1.54) is 0 Å². The van der Waals surface area contributed by atoms with E-state index in [2.05, 4.69) is 26.8 Å². The highest BCUT2D eigenvalue weighted by atomic mass is 79.9. The highest BCUT2D eigenvalue weighted by molar-refractivity contribution is 9.10. The highest BCUT2D eigenvalue weighted by Crippen LogP contribution is 2.18. The van der Waals surface area contributed by atoms with E-state index in [-0.39, 0.29) is 5.91 Å². The summed E-state index contributed by atoms with van der Waals surface area (Å²) in [5, 5.41) is 0. The third kappa shape index (κ3) is 6.04. The Morgan fingerprint density at radius 3 is 2.54 bits per heavy atom. The van der Waals surface area contributed by atoms with Gasteiger partial charge >= 0.3 is 0 Å². The first kappa shape index (κ1) is 18.0. The molecule has 0 unspecified atom stereocenters. The minimum absolute atomic E-state index is 0.248. The minimum Gasteiger partial charge on any atom is -0.481 e. The molecule has 6 heteroatoms. The van der Waals surface area contributed by atoms with Crippen LogP contribution in [0.4, 0.5) is 0 Å².